The van der Waals surface area contributed by atoms with E-state index >= 15 is 0 Å². The van der Waals surface area contributed by atoms with Crippen LogP contribution in [0.4, 0.5) is 0 Å². The first-order chi connectivity index (χ1) is 6.99. The van der Waals surface area contributed by atoms with Gasteiger partial charge in [0.25, 0.3) is 0 Å². The third-order valence-corrected chi connectivity index (χ3v) is 5.50. The van der Waals surface area contributed by atoms with Crippen molar-refractivity contribution in [1.29, 1.82) is 0 Å². The molecule has 0 saturated carbocycles. The van der Waals surface area contributed by atoms with Gasteiger partial charge in [0.2, 0.25) is 10.0 Å². The van der Waals surface area contributed by atoms with E-state index in [1.165, 1.54) is 0 Å². The molecule has 2 heterocycles. The molecular formula is C10H20N2O2S. The van der Waals surface area contributed by atoms with Crippen molar-refractivity contribution in [2.45, 2.75) is 38.8 Å². The molecule has 1 N–H and O–H groups in total. The molecule has 0 aliphatic carbocycles. The smallest absolute Gasteiger partial charge is 0.214 e. The fourth-order valence-electron chi connectivity index (χ4n) is 2.67. The lowest BCUT2D eigenvalue weighted by Gasteiger charge is -2.33. The van der Waals surface area contributed by atoms with E-state index in [4.69, 9.17) is 0 Å². The van der Waals surface area contributed by atoms with Crippen LogP contribution < -0.4 is 5.32 Å². The quantitative estimate of drug-likeness (QED) is 0.712. The lowest BCUT2D eigenvalue weighted by Crippen LogP contribution is -2.47. The number of piperidine rings is 1. The van der Waals surface area contributed by atoms with Crippen LogP contribution in [0.3, 0.4) is 0 Å². The fourth-order valence-corrected chi connectivity index (χ4v) is 4.82. The number of rotatable bonds is 1. The molecule has 0 bridgehead atoms. The van der Waals surface area contributed by atoms with Gasteiger partial charge in [0.15, 0.2) is 0 Å². The Labute approximate surface area is 92.1 Å². The molecule has 0 aromatic heterocycles. The van der Waals surface area contributed by atoms with Crippen molar-refractivity contribution in [3.63, 3.8) is 0 Å². The number of nitrogens with zero attached hydrogens (tertiary/aromatic N) is 1. The van der Waals surface area contributed by atoms with Crippen molar-refractivity contribution >= 4 is 10.0 Å². The highest BCUT2D eigenvalue weighted by Gasteiger charge is 2.39. The molecule has 4 nitrogen and oxygen atoms in total. The van der Waals surface area contributed by atoms with Crippen LogP contribution >= 0.6 is 0 Å². The van der Waals surface area contributed by atoms with Gasteiger partial charge in [0, 0.05) is 18.6 Å². The molecule has 0 spiro atoms. The van der Waals surface area contributed by atoms with Gasteiger partial charge in [-0.05, 0) is 32.2 Å². The maximum Gasteiger partial charge on any atom is 0.214 e. The summed E-state index contributed by atoms with van der Waals surface area (Å²) >= 11 is 0. The van der Waals surface area contributed by atoms with Gasteiger partial charge in [0.05, 0.1) is 5.75 Å². The van der Waals surface area contributed by atoms with Gasteiger partial charge in [-0.15, -0.1) is 0 Å². The normalized spacial score (nSPS) is 41.9. The Morgan fingerprint density at radius 3 is 2.60 bits per heavy atom. The number of nitrogens with one attached hydrogen (secondary N) is 1. The molecule has 0 aromatic rings. The number of hydrogen-bond donors (Lipinski definition) is 1. The molecule has 2 saturated heterocycles. The maximum atomic E-state index is 11.9. The maximum absolute atomic E-state index is 11.9. The van der Waals surface area contributed by atoms with Crippen molar-refractivity contribution in [1.82, 2.24) is 9.62 Å². The standard InChI is InChI=1S/C10H20N2O2S/c1-8-6-12(15(13,14)7-8)10-3-4-11-9(2)5-10/h8-11H,3-7H2,1-2H3. The summed E-state index contributed by atoms with van der Waals surface area (Å²) in [4.78, 5) is 0. The summed E-state index contributed by atoms with van der Waals surface area (Å²) in [6.45, 7) is 5.80. The second-order valence-electron chi connectivity index (χ2n) is 4.99. The zero-order valence-electron chi connectivity index (χ0n) is 9.44. The first-order valence-electron chi connectivity index (χ1n) is 5.72. The van der Waals surface area contributed by atoms with Crippen LogP contribution in [-0.4, -0.2) is 43.6 Å². The topological polar surface area (TPSA) is 49.4 Å². The summed E-state index contributed by atoms with van der Waals surface area (Å²) in [5, 5.41) is 3.35. The Bertz CT molecular complexity index is 328. The van der Waals surface area contributed by atoms with Crippen molar-refractivity contribution in [2.24, 2.45) is 5.92 Å². The summed E-state index contributed by atoms with van der Waals surface area (Å²) in [5.74, 6) is 0.630. The molecule has 15 heavy (non-hydrogen) atoms. The van der Waals surface area contributed by atoms with E-state index in [1.54, 1.807) is 4.31 Å². The minimum Gasteiger partial charge on any atom is -0.314 e. The summed E-state index contributed by atoms with van der Waals surface area (Å²) in [6.07, 6.45) is 1.91. The highest BCUT2D eigenvalue weighted by molar-refractivity contribution is 7.89. The zero-order valence-corrected chi connectivity index (χ0v) is 10.3. The predicted molar refractivity (Wildman–Crippen MR) is 60.1 cm³/mol. The van der Waals surface area contributed by atoms with Crippen LogP contribution in [0.15, 0.2) is 0 Å². The van der Waals surface area contributed by atoms with Gasteiger partial charge in [-0.3, -0.25) is 0 Å². The summed E-state index contributed by atoms with van der Waals surface area (Å²) in [7, 11) is -2.95. The van der Waals surface area contributed by atoms with E-state index in [0.29, 0.717) is 17.7 Å². The first kappa shape index (κ1) is 11.4. The van der Waals surface area contributed by atoms with Crippen LogP contribution in [0.5, 0.6) is 0 Å². The minimum atomic E-state index is -2.95. The van der Waals surface area contributed by atoms with E-state index < -0.39 is 10.0 Å². The molecule has 0 aromatic carbocycles. The van der Waals surface area contributed by atoms with Gasteiger partial charge >= 0.3 is 0 Å². The predicted octanol–water partition coefficient (Wildman–Crippen LogP) is 0.408. The molecule has 3 unspecified atom stereocenters. The molecule has 2 rings (SSSR count). The molecule has 3 atom stereocenters. The lowest BCUT2D eigenvalue weighted by molar-refractivity contribution is 0.237. The monoisotopic (exact) mass is 232 g/mol. The number of sulfonamides is 1. The molecule has 2 fully saturated rings. The molecular weight excluding hydrogens is 212 g/mol. The Balaban J connectivity index is 2.10. The molecule has 2 aliphatic heterocycles. The highest BCUT2D eigenvalue weighted by Crippen LogP contribution is 2.26. The molecule has 0 radical (unpaired) electrons. The summed E-state index contributed by atoms with van der Waals surface area (Å²) < 4.78 is 25.5. The van der Waals surface area contributed by atoms with Gasteiger partial charge in [-0.25, -0.2) is 8.42 Å². The largest absolute Gasteiger partial charge is 0.314 e. The van der Waals surface area contributed by atoms with Gasteiger partial charge in [-0.2, -0.15) is 4.31 Å². The fraction of sp³-hybridized carbons (Fsp3) is 1.00. The van der Waals surface area contributed by atoms with Crippen molar-refractivity contribution < 1.29 is 8.42 Å². The van der Waals surface area contributed by atoms with Gasteiger partial charge < -0.3 is 5.32 Å². The SMILES string of the molecule is CC1CN(C2CCNC(C)C2)S(=O)(=O)C1. The van der Waals surface area contributed by atoms with Crippen molar-refractivity contribution in [3.8, 4) is 0 Å². The third-order valence-electron chi connectivity index (χ3n) is 3.35. The molecule has 88 valence electrons. The lowest BCUT2D eigenvalue weighted by atomic mass is 10.0. The van der Waals surface area contributed by atoms with Crippen LogP contribution in [0.2, 0.25) is 0 Å². The number of hydrogen-bond acceptors (Lipinski definition) is 3. The van der Waals surface area contributed by atoms with Crippen LogP contribution in [0.25, 0.3) is 0 Å². The molecule has 0 amide bonds. The molecule has 2 aliphatic rings. The van der Waals surface area contributed by atoms with E-state index in [-0.39, 0.29) is 6.04 Å². The van der Waals surface area contributed by atoms with E-state index in [0.717, 1.165) is 25.9 Å². The van der Waals surface area contributed by atoms with Crippen molar-refractivity contribution in [3.05, 3.63) is 0 Å². The Kier molecular flexibility index (Phi) is 3.05. The summed E-state index contributed by atoms with van der Waals surface area (Å²) in [6, 6.07) is 0.672. The Morgan fingerprint density at radius 1 is 1.33 bits per heavy atom. The van der Waals surface area contributed by atoms with Gasteiger partial charge in [0.1, 0.15) is 0 Å². The summed E-state index contributed by atoms with van der Waals surface area (Å²) in [5.41, 5.74) is 0. The van der Waals surface area contributed by atoms with E-state index in [9.17, 15) is 8.42 Å². The first-order valence-corrected chi connectivity index (χ1v) is 7.33. The third kappa shape index (κ3) is 2.34. The highest BCUT2D eigenvalue weighted by atomic mass is 32.2. The van der Waals surface area contributed by atoms with Crippen LogP contribution in [0, 0.1) is 5.92 Å². The van der Waals surface area contributed by atoms with E-state index in [1.807, 2.05) is 6.92 Å². The zero-order chi connectivity index (χ0) is 11.1. The minimum absolute atomic E-state index is 0.233. The second-order valence-corrected chi connectivity index (χ2v) is 6.95. The average Bonchev–Trinajstić information content (AvgIpc) is 2.39. The van der Waals surface area contributed by atoms with Crippen molar-refractivity contribution in [2.75, 3.05) is 18.8 Å². The average molecular weight is 232 g/mol. The Hall–Kier alpha value is -0.130. The van der Waals surface area contributed by atoms with Gasteiger partial charge in [-0.1, -0.05) is 6.92 Å². The second kappa shape index (κ2) is 4.03. The van der Waals surface area contributed by atoms with Crippen LogP contribution in [0.1, 0.15) is 26.7 Å². The van der Waals surface area contributed by atoms with Crippen LogP contribution in [-0.2, 0) is 10.0 Å². The Morgan fingerprint density at radius 2 is 2.07 bits per heavy atom. The van der Waals surface area contributed by atoms with E-state index in [2.05, 4.69) is 12.2 Å². The molecule has 5 heteroatoms.